The number of carbonyl (C=O) groups is 1. The highest BCUT2D eigenvalue weighted by Gasteiger charge is 1.97. The van der Waals surface area contributed by atoms with Crippen molar-refractivity contribution in [2.75, 3.05) is 6.61 Å². The van der Waals surface area contributed by atoms with Gasteiger partial charge in [0.1, 0.15) is 0 Å². The molecule has 0 N–H and O–H groups in total. The van der Waals surface area contributed by atoms with E-state index in [2.05, 4.69) is 15.0 Å². The fraction of sp³-hybridized carbons (Fsp3) is 0.625. The van der Waals surface area contributed by atoms with E-state index in [0.29, 0.717) is 13.1 Å². The third kappa shape index (κ3) is 3.68. The van der Waals surface area contributed by atoms with E-state index < -0.39 is 0 Å². The number of aryl methyl sites for hydroxylation is 2. The molecule has 1 aromatic rings. The van der Waals surface area contributed by atoms with Crippen LogP contribution in [0.25, 0.3) is 0 Å². The molecule has 0 saturated carbocycles. The molecule has 72 valence electrons. The fourth-order valence-corrected chi connectivity index (χ4v) is 1.05. The summed E-state index contributed by atoms with van der Waals surface area (Å²) in [7, 11) is 1.84. The molecule has 5 heteroatoms. The van der Waals surface area contributed by atoms with Gasteiger partial charge in [0.2, 0.25) is 0 Å². The molecule has 5 nitrogen and oxygen atoms in total. The lowest BCUT2D eigenvalue weighted by molar-refractivity contribution is -0.128. The van der Waals surface area contributed by atoms with Gasteiger partial charge in [-0.05, 0) is 19.3 Å². The lowest BCUT2D eigenvalue weighted by atomic mass is 10.2. The quantitative estimate of drug-likeness (QED) is 0.470. The predicted molar refractivity (Wildman–Crippen MR) is 46.0 cm³/mol. The first-order chi connectivity index (χ1) is 6.33. The van der Waals surface area contributed by atoms with Crippen molar-refractivity contribution in [3.05, 3.63) is 11.9 Å². The molecule has 0 bridgehead atoms. The predicted octanol–water partition coefficient (Wildman–Crippen LogP) is 0.311. The van der Waals surface area contributed by atoms with Crippen molar-refractivity contribution in [1.82, 2.24) is 15.0 Å². The molecular weight excluding hydrogens is 170 g/mol. The summed E-state index contributed by atoms with van der Waals surface area (Å²) in [6, 6.07) is 0. The molecule has 0 spiro atoms. The number of unbranched alkanes of at least 4 members (excludes halogenated alkanes) is 1. The maximum Gasteiger partial charge on any atom is 0.293 e. The van der Waals surface area contributed by atoms with Crippen LogP contribution in [0.1, 0.15) is 18.5 Å². The molecule has 0 aliphatic rings. The second-order valence-electron chi connectivity index (χ2n) is 2.81. The molecule has 0 fully saturated rings. The highest BCUT2D eigenvalue weighted by atomic mass is 16.5. The van der Waals surface area contributed by atoms with Crippen LogP contribution in [0.4, 0.5) is 0 Å². The topological polar surface area (TPSA) is 57.0 Å². The standard InChI is InChI=1S/C8H13N3O2/c1-11-6-8(9-10-11)4-2-3-5-13-7-12/h6-7H,2-5H2,1H3. The smallest absolute Gasteiger partial charge is 0.293 e. The number of carbonyl (C=O) groups excluding carboxylic acids is 1. The zero-order valence-corrected chi connectivity index (χ0v) is 7.64. The van der Waals surface area contributed by atoms with E-state index in [1.54, 1.807) is 4.68 Å². The Labute approximate surface area is 76.7 Å². The second kappa shape index (κ2) is 5.29. The molecular formula is C8H13N3O2. The first-order valence-corrected chi connectivity index (χ1v) is 4.23. The maximum absolute atomic E-state index is 9.79. The summed E-state index contributed by atoms with van der Waals surface area (Å²) in [5.74, 6) is 0. The SMILES string of the molecule is Cn1cc(CCCCOC=O)nn1. The minimum atomic E-state index is 0.475. The highest BCUT2D eigenvalue weighted by molar-refractivity contribution is 5.36. The Morgan fingerprint density at radius 2 is 2.46 bits per heavy atom. The van der Waals surface area contributed by atoms with Crippen molar-refractivity contribution in [2.24, 2.45) is 7.05 Å². The Morgan fingerprint density at radius 3 is 3.08 bits per heavy atom. The van der Waals surface area contributed by atoms with Crippen LogP contribution in [0.3, 0.4) is 0 Å². The van der Waals surface area contributed by atoms with E-state index in [4.69, 9.17) is 0 Å². The zero-order valence-electron chi connectivity index (χ0n) is 7.64. The van der Waals surface area contributed by atoms with Crippen LogP contribution in [0.15, 0.2) is 6.20 Å². The lowest BCUT2D eigenvalue weighted by Crippen LogP contribution is -1.93. The minimum Gasteiger partial charge on any atom is -0.468 e. The van der Waals surface area contributed by atoms with Gasteiger partial charge in [-0.1, -0.05) is 5.21 Å². The monoisotopic (exact) mass is 183 g/mol. The van der Waals surface area contributed by atoms with Crippen molar-refractivity contribution in [1.29, 1.82) is 0 Å². The second-order valence-corrected chi connectivity index (χ2v) is 2.81. The van der Waals surface area contributed by atoms with Crippen molar-refractivity contribution in [2.45, 2.75) is 19.3 Å². The number of nitrogens with zero attached hydrogens (tertiary/aromatic N) is 3. The zero-order chi connectivity index (χ0) is 9.52. The summed E-state index contributed by atoms with van der Waals surface area (Å²) in [5, 5.41) is 7.75. The Kier molecular flexibility index (Phi) is 3.95. The van der Waals surface area contributed by atoms with Gasteiger partial charge in [0.05, 0.1) is 12.3 Å². The Morgan fingerprint density at radius 1 is 1.62 bits per heavy atom. The molecule has 0 unspecified atom stereocenters. The van der Waals surface area contributed by atoms with Gasteiger partial charge in [0.25, 0.3) is 6.47 Å². The summed E-state index contributed by atoms with van der Waals surface area (Å²) >= 11 is 0. The molecule has 13 heavy (non-hydrogen) atoms. The first-order valence-electron chi connectivity index (χ1n) is 4.23. The molecule has 0 aromatic carbocycles. The average molecular weight is 183 g/mol. The van der Waals surface area contributed by atoms with E-state index in [9.17, 15) is 4.79 Å². The first kappa shape index (κ1) is 9.70. The number of ether oxygens (including phenoxy) is 1. The van der Waals surface area contributed by atoms with Crippen LogP contribution in [-0.4, -0.2) is 28.1 Å². The Bertz CT molecular complexity index is 260. The number of rotatable bonds is 6. The van der Waals surface area contributed by atoms with Gasteiger partial charge >= 0.3 is 0 Å². The fourth-order valence-electron chi connectivity index (χ4n) is 1.05. The van der Waals surface area contributed by atoms with Gasteiger partial charge in [0, 0.05) is 13.2 Å². The molecule has 0 atom stereocenters. The largest absolute Gasteiger partial charge is 0.468 e. The summed E-state index contributed by atoms with van der Waals surface area (Å²) < 4.78 is 6.23. The summed E-state index contributed by atoms with van der Waals surface area (Å²) in [6.07, 6.45) is 4.61. The lowest BCUT2D eigenvalue weighted by Gasteiger charge is -1.96. The Balaban J connectivity index is 2.09. The molecule has 1 aromatic heterocycles. The van der Waals surface area contributed by atoms with Crippen molar-refractivity contribution in [3.63, 3.8) is 0 Å². The van der Waals surface area contributed by atoms with Crippen LogP contribution in [0.5, 0.6) is 0 Å². The van der Waals surface area contributed by atoms with Crippen LogP contribution in [-0.2, 0) is 23.0 Å². The minimum absolute atomic E-state index is 0.475. The highest BCUT2D eigenvalue weighted by Crippen LogP contribution is 1.99. The van der Waals surface area contributed by atoms with E-state index >= 15 is 0 Å². The number of aromatic nitrogens is 3. The van der Waals surface area contributed by atoms with Crippen molar-refractivity contribution in [3.8, 4) is 0 Å². The number of hydrogen-bond acceptors (Lipinski definition) is 4. The molecule has 0 radical (unpaired) electrons. The van der Waals surface area contributed by atoms with Gasteiger partial charge in [-0.2, -0.15) is 0 Å². The molecule has 1 rings (SSSR count). The van der Waals surface area contributed by atoms with Gasteiger partial charge in [-0.3, -0.25) is 9.48 Å². The van der Waals surface area contributed by atoms with E-state index in [0.717, 1.165) is 25.0 Å². The van der Waals surface area contributed by atoms with Crippen LogP contribution >= 0.6 is 0 Å². The molecule has 0 aliphatic carbocycles. The van der Waals surface area contributed by atoms with Crippen LogP contribution in [0.2, 0.25) is 0 Å². The van der Waals surface area contributed by atoms with Gasteiger partial charge < -0.3 is 4.74 Å². The summed E-state index contributed by atoms with van der Waals surface area (Å²) in [6.45, 7) is 0.964. The summed E-state index contributed by atoms with van der Waals surface area (Å²) in [4.78, 5) is 9.79. The van der Waals surface area contributed by atoms with Crippen molar-refractivity contribution < 1.29 is 9.53 Å². The maximum atomic E-state index is 9.79. The van der Waals surface area contributed by atoms with E-state index in [-0.39, 0.29) is 0 Å². The van der Waals surface area contributed by atoms with Crippen LogP contribution < -0.4 is 0 Å². The molecule has 1 heterocycles. The third-order valence-corrected chi connectivity index (χ3v) is 1.66. The molecule has 0 amide bonds. The van der Waals surface area contributed by atoms with E-state index in [1.807, 2.05) is 13.2 Å². The van der Waals surface area contributed by atoms with Gasteiger partial charge in [-0.25, -0.2) is 0 Å². The third-order valence-electron chi connectivity index (χ3n) is 1.66. The average Bonchev–Trinajstić information content (AvgIpc) is 2.51. The van der Waals surface area contributed by atoms with Gasteiger partial charge in [0.15, 0.2) is 0 Å². The van der Waals surface area contributed by atoms with Crippen LogP contribution in [0, 0.1) is 0 Å². The molecule has 0 aliphatic heterocycles. The number of hydrogen-bond donors (Lipinski definition) is 0. The Hall–Kier alpha value is -1.39. The van der Waals surface area contributed by atoms with Gasteiger partial charge in [-0.15, -0.1) is 5.10 Å². The molecule has 0 saturated heterocycles. The van der Waals surface area contributed by atoms with E-state index in [1.165, 1.54) is 0 Å². The van der Waals surface area contributed by atoms with Crippen molar-refractivity contribution >= 4 is 6.47 Å². The normalized spacial score (nSPS) is 9.92. The summed E-state index contributed by atoms with van der Waals surface area (Å²) in [5.41, 5.74) is 0.980.